The van der Waals surface area contributed by atoms with E-state index in [-0.39, 0.29) is 0 Å². The lowest BCUT2D eigenvalue weighted by molar-refractivity contribution is -0.0355. The number of hydrogen-bond acceptors (Lipinski definition) is 2. The highest BCUT2D eigenvalue weighted by Crippen LogP contribution is 2.25. The summed E-state index contributed by atoms with van der Waals surface area (Å²) in [4.78, 5) is 7.10. The van der Waals surface area contributed by atoms with Gasteiger partial charge < -0.3 is 9.63 Å². The molecule has 0 aliphatic heterocycles. The van der Waals surface area contributed by atoms with E-state index >= 15 is 0 Å². The summed E-state index contributed by atoms with van der Waals surface area (Å²) in [7, 11) is -1.50. The summed E-state index contributed by atoms with van der Waals surface area (Å²) >= 11 is 0. The van der Waals surface area contributed by atoms with Gasteiger partial charge in [-0.2, -0.15) is 0 Å². The predicted molar refractivity (Wildman–Crippen MR) is 85.9 cm³/mol. The van der Waals surface area contributed by atoms with Gasteiger partial charge in [0, 0.05) is 0 Å². The molecule has 0 spiro atoms. The molecule has 0 saturated heterocycles. The van der Waals surface area contributed by atoms with E-state index in [1.54, 1.807) is 0 Å². The molecule has 2 aliphatic rings. The van der Waals surface area contributed by atoms with Gasteiger partial charge in [0.1, 0.15) is 0 Å². The van der Waals surface area contributed by atoms with E-state index in [1.165, 1.54) is 89.9 Å². The number of rotatable bonds is 2. The molecule has 120 valence electrons. The Bertz CT molecular complexity index is 200. The average Bonchev–Trinajstić information content (AvgIpc) is 2.36. The maximum atomic E-state index is 8.57. The first-order valence-electron chi connectivity index (χ1n) is 8.60. The molecule has 2 aliphatic carbocycles. The van der Waals surface area contributed by atoms with Gasteiger partial charge in [0.05, 0.1) is 12.2 Å². The van der Waals surface area contributed by atoms with Crippen molar-refractivity contribution in [3.8, 4) is 0 Å². The molecule has 20 heavy (non-hydrogen) atoms. The van der Waals surface area contributed by atoms with Crippen LogP contribution >= 0.6 is 8.69 Å². The predicted octanol–water partition coefficient (Wildman–Crippen LogP) is 4.88. The molecule has 0 amide bonds. The van der Waals surface area contributed by atoms with E-state index in [9.17, 15) is 0 Å². The minimum Gasteiger partial charge on any atom is -0.375 e. The van der Waals surface area contributed by atoms with Gasteiger partial charge in [-0.3, -0.25) is 4.57 Å². The van der Waals surface area contributed by atoms with Gasteiger partial charge in [-0.25, -0.2) is 0 Å². The van der Waals surface area contributed by atoms with Crippen LogP contribution in [0, 0.1) is 0 Å². The molecule has 1 atom stereocenters. The standard InChI is InChI=1S/C16H30O.H3O2P/c1-3-7-11-15(12-8-4-1)17-16-13-9-5-2-6-10-14-16;1-3-2/h15-16H,1-14H2;3H2,(H,1,2). The van der Waals surface area contributed by atoms with Gasteiger partial charge in [-0.05, 0) is 25.7 Å². The van der Waals surface area contributed by atoms with Crippen molar-refractivity contribution >= 4 is 8.69 Å². The van der Waals surface area contributed by atoms with Crippen LogP contribution in [0.3, 0.4) is 0 Å². The second kappa shape index (κ2) is 12.9. The molecule has 4 heteroatoms. The molecule has 0 aromatic heterocycles. The molecule has 3 nitrogen and oxygen atoms in total. The fraction of sp³-hybridized carbons (Fsp3) is 1.00. The van der Waals surface area contributed by atoms with Crippen LogP contribution in [0.1, 0.15) is 89.9 Å². The summed E-state index contributed by atoms with van der Waals surface area (Å²) in [5.74, 6) is 0. The molecular formula is C16H33O3P. The highest BCUT2D eigenvalue weighted by molar-refractivity contribution is 7.16. The first-order chi connectivity index (χ1) is 9.86. The van der Waals surface area contributed by atoms with Crippen molar-refractivity contribution in [3.63, 3.8) is 0 Å². The zero-order valence-electron chi connectivity index (χ0n) is 12.9. The third-order valence-electron chi connectivity index (χ3n) is 4.49. The van der Waals surface area contributed by atoms with Crippen LogP contribution in [0.25, 0.3) is 0 Å². The van der Waals surface area contributed by atoms with Gasteiger partial charge in [0.25, 0.3) is 0 Å². The highest BCUT2D eigenvalue weighted by atomic mass is 31.1. The second-order valence-electron chi connectivity index (χ2n) is 6.18. The third-order valence-corrected chi connectivity index (χ3v) is 4.49. The third kappa shape index (κ3) is 9.15. The van der Waals surface area contributed by atoms with E-state index in [0.717, 1.165) is 0 Å². The van der Waals surface area contributed by atoms with E-state index in [4.69, 9.17) is 14.2 Å². The highest BCUT2D eigenvalue weighted by Gasteiger charge is 2.18. The lowest BCUT2D eigenvalue weighted by Crippen LogP contribution is -2.24. The van der Waals surface area contributed by atoms with Crippen molar-refractivity contribution in [1.29, 1.82) is 0 Å². The first-order valence-corrected chi connectivity index (χ1v) is 9.59. The van der Waals surface area contributed by atoms with E-state index in [0.29, 0.717) is 12.2 Å². The zero-order valence-corrected chi connectivity index (χ0v) is 14.0. The Morgan fingerprint density at radius 1 is 0.650 bits per heavy atom. The molecule has 2 saturated carbocycles. The summed E-state index contributed by atoms with van der Waals surface area (Å²) in [5.41, 5.74) is 0. The van der Waals surface area contributed by atoms with E-state index < -0.39 is 8.69 Å². The molecule has 0 aromatic carbocycles. The molecule has 0 radical (unpaired) electrons. The first kappa shape index (κ1) is 18.2. The molecule has 0 bridgehead atoms. The smallest absolute Gasteiger partial charge is 0.177 e. The molecular weight excluding hydrogens is 271 g/mol. The van der Waals surface area contributed by atoms with Crippen molar-refractivity contribution in [2.24, 2.45) is 0 Å². The topological polar surface area (TPSA) is 46.5 Å². The van der Waals surface area contributed by atoms with Gasteiger partial charge >= 0.3 is 0 Å². The fourth-order valence-corrected chi connectivity index (χ4v) is 3.38. The monoisotopic (exact) mass is 304 g/mol. The SMILES string of the molecule is C1CCCC(OC2CCCCCCC2)CCC1.O=[PH2]O. The average molecular weight is 304 g/mol. The molecule has 1 N–H and O–H groups in total. The van der Waals surface area contributed by atoms with Crippen LogP contribution < -0.4 is 0 Å². The maximum Gasteiger partial charge on any atom is 0.177 e. The van der Waals surface area contributed by atoms with E-state index in [2.05, 4.69) is 0 Å². The van der Waals surface area contributed by atoms with Crippen LogP contribution in [0.15, 0.2) is 0 Å². The summed E-state index contributed by atoms with van der Waals surface area (Å²) in [6.45, 7) is 0. The summed E-state index contributed by atoms with van der Waals surface area (Å²) in [6, 6.07) is 0. The Morgan fingerprint density at radius 2 is 0.900 bits per heavy atom. The molecule has 2 rings (SSSR count). The minimum atomic E-state index is -1.50. The lowest BCUT2D eigenvalue weighted by atomic mass is 9.96. The van der Waals surface area contributed by atoms with Crippen molar-refractivity contribution in [3.05, 3.63) is 0 Å². The quantitative estimate of drug-likeness (QED) is 0.740. The number of hydrogen-bond donors (Lipinski definition) is 1. The minimum absolute atomic E-state index is 0.597. The van der Waals surface area contributed by atoms with Gasteiger partial charge in [-0.15, -0.1) is 0 Å². The van der Waals surface area contributed by atoms with Crippen LogP contribution in [0.2, 0.25) is 0 Å². The summed E-state index contributed by atoms with van der Waals surface area (Å²) < 4.78 is 15.0. The molecule has 0 heterocycles. The fourth-order valence-electron chi connectivity index (χ4n) is 3.38. The Hall–Kier alpha value is 0.150. The molecule has 2 fully saturated rings. The van der Waals surface area contributed by atoms with Crippen molar-refractivity contribution in [1.82, 2.24) is 0 Å². The van der Waals surface area contributed by atoms with Crippen LogP contribution in [-0.2, 0) is 9.30 Å². The van der Waals surface area contributed by atoms with Crippen LogP contribution in [0.5, 0.6) is 0 Å². The van der Waals surface area contributed by atoms with Crippen molar-refractivity contribution in [2.45, 2.75) is 102 Å². The Labute approximate surface area is 125 Å². The van der Waals surface area contributed by atoms with E-state index in [1.807, 2.05) is 0 Å². The Kier molecular flexibility index (Phi) is 11.7. The summed E-state index contributed by atoms with van der Waals surface area (Å²) in [6.07, 6.45) is 20.8. The lowest BCUT2D eigenvalue weighted by Gasteiger charge is -2.27. The summed E-state index contributed by atoms with van der Waals surface area (Å²) in [5, 5.41) is 0. The molecule has 1 unspecified atom stereocenters. The Balaban J connectivity index is 0.000000612. The van der Waals surface area contributed by atoms with Crippen molar-refractivity contribution < 1.29 is 14.2 Å². The van der Waals surface area contributed by atoms with Gasteiger partial charge in [-0.1, -0.05) is 64.2 Å². The maximum absolute atomic E-state index is 8.57. The van der Waals surface area contributed by atoms with Gasteiger partial charge in [0.15, 0.2) is 8.69 Å². The zero-order chi connectivity index (χ0) is 14.5. The van der Waals surface area contributed by atoms with Crippen molar-refractivity contribution in [2.75, 3.05) is 0 Å². The van der Waals surface area contributed by atoms with Crippen LogP contribution in [-0.4, -0.2) is 17.1 Å². The second-order valence-corrected chi connectivity index (χ2v) is 6.39. The van der Waals surface area contributed by atoms with Crippen LogP contribution in [0.4, 0.5) is 0 Å². The van der Waals surface area contributed by atoms with Gasteiger partial charge in [0.2, 0.25) is 0 Å². The molecule has 0 aromatic rings. The number of ether oxygens (including phenoxy) is 1. The largest absolute Gasteiger partial charge is 0.375 e. The normalized spacial score (nSPS) is 24.2. The Morgan fingerprint density at radius 3 is 1.20 bits per heavy atom.